The number of hydrogen-bond donors (Lipinski definition) is 0. The van der Waals surface area contributed by atoms with Crippen molar-refractivity contribution >= 4 is 5.91 Å². The molecule has 1 aliphatic rings. The zero-order valence-corrected chi connectivity index (χ0v) is 13.3. The van der Waals surface area contributed by atoms with E-state index in [1.807, 2.05) is 17.9 Å². The van der Waals surface area contributed by atoms with Crippen LogP contribution in [0, 0.1) is 5.82 Å². The maximum Gasteiger partial charge on any atom is 0.272 e. The minimum atomic E-state index is -0.204. The van der Waals surface area contributed by atoms with E-state index in [2.05, 4.69) is 10.00 Å². The molecule has 1 saturated heterocycles. The van der Waals surface area contributed by atoms with Crippen molar-refractivity contribution in [2.45, 2.75) is 20.0 Å². The van der Waals surface area contributed by atoms with Crippen molar-refractivity contribution in [2.75, 3.05) is 26.2 Å². The summed E-state index contributed by atoms with van der Waals surface area (Å²) in [5.74, 6) is -0.168. The fraction of sp³-hybridized carbons (Fsp3) is 0.412. The van der Waals surface area contributed by atoms with Crippen molar-refractivity contribution in [3.8, 4) is 0 Å². The van der Waals surface area contributed by atoms with Crippen molar-refractivity contribution in [3.05, 3.63) is 53.6 Å². The quantitative estimate of drug-likeness (QED) is 0.866. The zero-order valence-electron chi connectivity index (χ0n) is 13.3. The number of carbonyl (C=O) groups is 1. The van der Waals surface area contributed by atoms with E-state index in [0.717, 1.165) is 18.7 Å². The first kappa shape index (κ1) is 15.7. The normalized spacial score (nSPS) is 15.8. The summed E-state index contributed by atoms with van der Waals surface area (Å²) in [5, 5.41) is 4.15. The third-order valence-corrected chi connectivity index (χ3v) is 4.19. The lowest BCUT2D eigenvalue weighted by molar-refractivity contribution is 0.0616. The Kier molecular flexibility index (Phi) is 4.71. The number of aromatic nitrogens is 2. The Balaban J connectivity index is 1.57. The van der Waals surface area contributed by atoms with Gasteiger partial charge in [-0.25, -0.2) is 4.39 Å². The molecule has 23 heavy (non-hydrogen) atoms. The topological polar surface area (TPSA) is 41.4 Å². The van der Waals surface area contributed by atoms with Crippen molar-refractivity contribution in [2.24, 2.45) is 0 Å². The highest BCUT2D eigenvalue weighted by atomic mass is 19.1. The largest absolute Gasteiger partial charge is 0.335 e. The van der Waals surface area contributed by atoms with Crippen LogP contribution in [0.3, 0.4) is 0 Å². The summed E-state index contributed by atoms with van der Waals surface area (Å²) in [6.07, 6.45) is 1.66. The number of piperazine rings is 1. The molecule has 0 radical (unpaired) electrons. The van der Waals surface area contributed by atoms with Crippen molar-refractivity contribution < 1.29 is 9.18 Å². The molecule has 1 aliphatic heterocycles. The molecule has 1 aromatic heterocycles. The standard InChI is InChI=1S/C17H21FN4O/c1-2-22-16(6-7-19-22)17(23)21-10-8-20(9-11-21)13-14-4-3-5-15(18)12-14/h3-7,12H,2,8-11,13H2,1H3. The number of nitrogens with zero attached hydrogens (tertiary/aromatic N) is 4. The summed E-state index contributed by atoms with van der Waals surface area (Å²) in [7, 11) is 0. The summed E-state index contributed by atoms with van der Waals surface area (Å²) in [5.41, 5.74) is 1.61. The van der Waals surface area contributed by atoms with Gasteiger partial charge in [0.05, 0.1) is 0 Å². The molecule has 1 fully saturated rings. The second-order valence-electron chi connectivity index (χ2n) is 5.73. The first-order valence-corrected chi connectivity index (χ1v) is 7.95. The van der Waals surface area contributed by atoms with Gasteiger partial charge in [0.1, 0.15) is 11.5 Å². The zero-order chi connectivity index (χ0) is 16.2. The van der Waals surface area contributed by atoms with E-state index < -0.39 is 0 Å². The highest BCUT2D eigenvalue weighted by Gasteiger charge is 2.24. The Labute approximate surface area is 135 Å². The molecule has 2 aromatic rings. The third-order valence-electron chi connectivity index (χ3n) is 4.19. The molecule has 0 spiro atoms. The Morgan fingerprint density at radius 3 is 2.70 bits per heavy atom. The highest BCUT2D eigenvalue weighted by Crippen LogP contribution is 2.12. The molecule has 5 nitrogen and oxygen atoms in total. The number of hydrogen-bond acceptors (Lipinski definition) is 3. The molecule has 0 atom stereocenters. The van der Waals surface area contributed by atoms with Gasteiger partial charge in [-0.05, 0) is 30.7 Å². The van der Waals surface area contributed by atoms with Crippen LogP contribution in [-0.2, 0) is 13.1 Å². The lowest BCUT2D eigenvalue weighted by Gasteiger charge is -2.34. The van der Waals surface area contributed by atoms with Gasteiger partial charge in [-0.2, -0.15) is 5.10 Å². The summed E-state index contributed by atoms with van der Waals surface area (Å²) >= 11 is 0. The Hall–Kier alpha value is -2.21. The van der Waals surface area contributed by atoms with E-state index >= 15 is 0 Å². The molecule has 1 amide bonds. The smallest absolute Gasteiger partial charge is 0.272 e. The predicted octanol–water partition coefficient (Wildman–Crippen LogP) is 2.00. The van der Waals surface area contributed by atoms with Gasteiger partial charge >= 0.3 is 0 Å². The van der Waals surface area contributed by atoms with Gasteiger partial charge in [-0.3, -0.25) is 14.4 Å². The predicted molar refractivity (Wildman–Crippen MR) is 85.5 cm³/mol. The molecule has 0 saturated carbocycles. The van der Waals surface area contributed by atoms with Crippen LogP contribution in [0.4, 0.5) is 4.39 Å². The lowest BCUT2D eigenvalue weighted by Crippen LogP contribution is -2.48. The highest BCUT2D eigenvalue weighted by molar-refractivity contribution is 5.92. The van der Waals surface area contributed by atoms with Crippen LogP contribution in [0.2, 0.25) is 0 Å². The maximum absolute atomic E-state index is 13.2. The molecule has 3 rings (SSSR count). The molecule has 122 valence electrons. The van der Waals surface area contributed by atoms with Crippen LogP contribution in [0.25, 0.3) is 0 Å². The summed E-state index contributed by atoms with van der Waals surface area (Å²) in [4.78, 5) is 16.7. The second-order valence-corrected chi connectivity index (χ2v) is 5.73. The molecule has 0 bridgehead atoms. The van der Waals surface area contributed by atoms with Crippen LogP contribution in [0.15, 0.2) is 36.5 Å². The van der Waals surface area contributed by atoms with Gasteiger partial charge in [0, 0.05) is 45.5 Å². The Bertz CT molecular complexity index is 677. The molecule has 0 unspecified atom stereocenters. The number of halogens is 1. The van der Waals surface area contributed by atoms with Crippen LogP contribution in [-0.4, -0.2) is 51.7 Å². The van der Waals surface area contributed by atoms with Gasteiger partial charge in [0.25, 0.3) is 5.91 Å². The van der Waals surface area contributed by atoms with Gasteiger partial charge < -0.3 is 4.90 Å². The number of amides is 1. The van der Waals surface area contributed by atoms with Crippen molar-refractivity contribution in [1.82, 2.24) is 19.6 Å². The molecule has 6 heteroatoms. The van der Waals surface area contributed by atoms with E-state index in [1.54, 1.807) is 29.1 Å². The van der Waals surface area contributed by atoms with Crippen molar-refractivity contribution in [1.29, 1.82) is 0 Å². The van der Waals surface area contributed by atoms with Crippen LogP contribution in [0.1, 0.15) is 23.0 Å². The van der Waals surface area contributed by atoms with Crippen LogP contribution < -0.4 is 0 Å². The van der Waals surface area contributed by atoms with E-state index in [-0.39, 0.29) is 11.7 Å². The van der Waals surface area contributed by atoms with Crippen LogP contribution >= 0.6 is 0 Å². The Morgan fingerprint density at radius 1 is 1.22 bits per heavy atom. The first-order chi connectivity index (χ1) is 11.2. The monoisotopic (exact) mass is 316 g/mol. The number of aryl methyl sites for hydroxylation is 1. The average molecular weight is 316 g/mol. The number of rotatable bonds is 4. The lowest BCUT2D eigenvalue weighted by atomic mass is 10.2. The summed E-state index contributed by atoms with van der Waals surface area (Å²) in [6.45, 7) is 6.33. The molecular formula is C17H21FN4O. The van der Waals surface area contributed by atoms with Crippen molar-refractivity contribution in [3.63, 3.8) is 0 Å². The van der Waals surface area contributed by atoms with Gasteiger partial charge in [-0.1, -0.05) is 12.1 Å². The summed E-state index contributed by atoms with van der Waals surface area (Å²) in [6, 6.07) is 8.45. The van der Waals surface area contributed by atoms with E-state index in [4.69, 9.17) is 0 Å². The molecule has 2 heterocycles. The van der Waals surface area contributed by atoms with E-state index in [9.17, 15) is 9.18 Å². The third kappa shape index (κ3) is 3.59. The fourth-order valence-corrected chi connectivity index (χ4v) is 2.93. The number of benzene rings is 1. The number of carbonyl (C=O) groups excluding carboxylic acids is 1. The SMILES string of the molecule is CCn1nccc1C(=O)N1CCN(Cc2cccc(F)c2)CC1. The summed E-state index contributed by atoms with van der Waals surface area (Å²) < 4.78 is 15.0. The maximum atomic E-state index is 13.2. The minimum absolute atomic E-state index is 0.0368. The fourth-order valence-electron chi connectivity index (χ4n) is 2.93. The minimum Gasteiger partial charge on any atom is -0.335 e. The molecule has 1 aromatic carbocycles. The first-order valence-electron chi connectivity index (χ1n) is 7.95. The molecule has 0 aliphatic carbocycles. The molecular weight excluding hydrogens is 295 g/mol. The van der Waals surface area contributed by atoms with E-state index in [1.165, 1.54) is 6.07 Å². The van der Waals surface area contributed by atoms with Gasteiger partial charge in [-0.15, -0.1) is 0 Å². The molecule has 0 N–H and O–H groups in total. The van der Waals surface area contributed by atoms with E-state index in [0.29, 0.717) is 31.9 Å². The average Bonchev–Trinajstić information content (AvgIpc) is 3.03. The van der Waals surface area contributed by atoms with Crippen LogP contribution in [0.5, 0.6) is 0 Å². The second kappa shape index (κ2) is 6.91. The van der Waals surface area contributed by atoms with Gasteiger partial charge in [0.15, 0.2) is 0 Å². The van der Waals surface area contributed by atoms with Gasteiger partial charge in [0.2, 0.25) is 0 Å². The Morgan fingerprint density at radius 2 is 2.00 bits per heavy atom.